The number of rotatable bonds is 8. The molecule has 3 rings (SSSR count). The molecule has 0 aromatic heterocycles. The van der Waals surface area contributed by atoms with E-state index < -0.39 is 6.04 Å². The number of carbonyl (C=O) groups is 2. The van der Waals surface area contributed by atoms with E-state index in [0.717, 1.165) is 16.9 Å². The van der Waals surface area contributed by atoms with Crippen LogP contribution in [-0.2, 0) is 27.4 Å². The Labute approximate surface area is 175 Å². The first-order chi connectivity index (χ1) is 14.5. The fourth-order valence-corrected chi connectivity index (χ4v) is 3.24. The quantitative estimate of drug-likeness (QED) is 0.708. The van der Waals surface area contributed by atoms with Crippen LogP contribution in [0.4, 0.5) is 0 Å². The minimum atomic E-state index is -0.726. The van der Waals surface area contributed by atoms with Crippen molar-refractivity contribution in [3.8, 4) is 17.2 Å². The molecule has 8 heteroatoms. The highest BCUT2D eigenvalue weighted by Crippen LogP contribution is 2.27. The van der Waals surface area contributed by atoms with Crippen molar-refractivity contribution in [2.75, 3.05) is 34.5 Å². The van der Waals surface area contributed by atoms with Crippen LogP contribution in [0, 0.1) is 0 Å². The largest absolute Gasteiger partial charge is 0.497 e. The van der Waals surface area contributed by atoms with E-state index in [1.54, 1.807) is 33.5 Å². The second-order valence-corrected chi connectivity index (χ2v) is 6.80. The average Bonchev–Trinajstić information content (AvgIpc) is 2.79. The van der Waals surface area contributed by atoms with Gasteiger partial charge >= 0.3 is 0 Å². The second-order valence-electron chi connectivity index (χ2n) is 6.80. The maximum atomic E-state index is 12.8. The highest BCUT2D eigenvalue weighted by molar-refractivity contribution is 5.89. The van der Waals surface area contributed by atoms with Crippen molar-refractivity contribution in [1.82, 2.24) is 10.2 Å². The zero-order valence-corrected chi connectivity index (χ0v) is 17.3. The number of hydrogen-bond donors (Lipinski definition) is 1. The maximum absolute atomic E-state index is 12.8. The van der Waals surface area contributed by atoms with E-state index in [0.29, 0.717) is 18.0 Å². The third kappa shape index (κ3) is 5.01. The van der Waals surface area contributed by atoms with Crippen molar-refractivity contribution in [2.45, 2.75) is 19.1 Å². The first-order valence-corrected chi connectivity index (χ1v) is 9.54. The van der Waals surface area contributed by atoms with Crippen LogP contribution in [0.15, 0.2) is 42.5 Å². The van der Waals surface area contributed by atoms with Crippen molar-refractivity contribution in [3.05, 3.63) is 53.6 Å². The molecule has 8 nitrogen and oxygen atoms in total. The number of nitrogens with zero attached hydrogens (tertiary/aromatic N) is 1. The summed E-state index contributed by atoms with van der Waals surface area (Å²) in [5, 5.41) is 2.88. The molecule has 160 valence electrons. The van der Waals surface area contributed by atoms with Gasteiger partial charge < -0.3 is 29.2 Å². The summed E-state index contributed by atoms with van der Waals surface area (Å²) in [6.07, 6.45) is 0. The van der Waals surface area contributed by atoms with Crippen LogP contribution in [0.2, 0.25) is 0 Å². The van der Waals surface area contributed by atoms with Crippen molar-refractivity contribution in [2.24, 2.45) is 0 Å². The molecule has 0 unspecified atom stereocenters. The van der Waals surface area contributed by atoms with Gasteiger partial charge in [0.05, 0.1) is 34.5 Å². The molecule has 1 heterocycles. The van der Waals surface area contributed by atoms with E-state index in [-0.39, 0.29) is 31.6 Å². The van der Waals surface area contributed by atoms with Crippen molar-refractivity contribution >= 4 is 11.8 Å². The Morgan fingerprint density at radius 3 is 2.43 bits per heavy atom. The summed E-state index contributed by atoms with van der Waals surface area (Å²) in [6, 6.07) is 12.1. The number of benzene rings is 2. The van der Waals surface area contributed by atoms with Gasteiger partial charge in [-0.3, -0.25) is 9.59 Å². The summed E-state index contributed by atoms with van der Waals surface area (Å²) < 4.78 is 21.1. The molecule has 0 radical (unpaired) electrons. The normalized spacial score (nSPS) is 16.2. The van der Waals surface area contributed by atoms with Gasteiger partial charge in [-0.1, -0.05) is 12.1 Å². The molecular weight excluding hydrogens is 388 g/mol. The Morgan fingerprint density at radius 1 is 1.07 bits per heavy atom. The van der Waals surface area contributed by atoms with E-state index in [9.17, 15) is 9.59 Å². The minimum Gasteiger partial charge on any atom is -0.497 e. The van der Waals surface area contributed by atoms with Crippen LogP contribution in [0.25, 0.3) is 0 Å². The molecule has 0 aliphatic carbocycles. The van der Waals surface area contributed by atoms with Crippen LogP contribution in [-0.4, -0.2) is 57.3 Å². The lowest BCUT2D eigenvalue weighted by atomic mass is 10.1. The average molecular weight is 414 g/mol. The van der Waals surface area contributed by atoms with Crippen LogP contribution in [0.5, 0.6) is 17.2 Å². The number of nitrogens with one attached hydrogen (secondary N) is 1. The van der Waals surface area contributed by atoms with Crippen LogP contribution in [0.3, 0.4) is 0 Å². The highest BCUT2D eigenvalue weighted by atomic mass is 16.5. The molecule has 2 amide bonds. The molecule has 1 fully saturated rings. The number of amides is 2. The van der Waals surface area contributed by atoms with Crippen LogP contribution >= 0.6 is 0 Å². The Kier molecular flexibility index (Phi) is 7.13. The fourth-order valence-electron chi connectivity index (χ4n) is 3.24. The molecule has 0 bridgehead atoms. The monoisotopic (exact) mass is 414 g/mol. The zero-order valence-electron chi connectivity index (χ0n) is 17.3. The van der Waals surface area contributed by atoms with Crippen molar-refractivity contribution < 1.29 is 28.5 Å². The van der Waals surface area contributed by atoms with Crippen molar-refractivity contribution in [1.29, 1.82) is 0 Å². The van der Waals surface area contributed by atoms with E-state index in [1.165, 1.54) is 4.90 Å². The van der Waals surface area contributed by atoms with Crippen LogP contribution < -0.4 is 19.5 Å². The molecule has 1 atom stereocenters. The number of ether oxygens (including phenoxy) is 4. The summed E-state index contributed by atoms with van der Waals surface area (Å²) in [5.74, 6) is 1.47. The molecule has 2 aromatic carbocycles. The van der Waals surface area contributed by atoms with E-state index in [4.69, 9.17) is 18.9 Å². The number of carbonyl (C=O) groups excluding carboxylic acids is 2. The van der Waals surface area contributed by atoms with Gasteiger partial charge in [0.15, 0.2) is 0 Å². The van der Waals surface area contributed by atoms with Gasteiger partial charge in [0.1, 0.15) is 29.9 Å². The molecule has 1 N–H and O–H groups in total. The minimum absolute atomic E-state index is 0.0548. The fraction of sp³-hybridized carbons (Fsp3) is 0.364. The standard InChI is InChI=1S/C22H26N2O6/c1-27-17-7-4-15(5-8-17)11-23-22(26)19-13-30-14-21(25)24(19)12-16-6-9-18(28-2)10-20(16)29-3/h4-10,19H,11-14H2,1-3H3,(H,23,26)/t19-/m0/s1. The van der Waals surface area contributed by atoms with Gasteiger partial charge in [-0.2, -0.15) is 0 Å². The van der Waals surface area contributed by atoms with Gasteiger partial charge in [-0.25, -0.2) is 0 Å². The smallest absolute Gasteiger partial charge is 0.249 e. The van der Waals surface area contributed by atoms with Gasteiger partial charge in [0.2, 0.25) is 11.8 Å². The molecule has 1 aliphatic rings. The zero-order chi connectivity index (χ0) is 21.5. The molecule has 2 aromatic rings. The Hall–Kier alpha value is -3.26. The Balaban J connectivity index is 1.70. The summed E-state index contributed by atoms with van der Waals surface area (Å²) in [5.41, 5.74) is 1.71. The first-order valence-electron chi connectivity index (χ1n) is 9.54. The third-order valence-corrected chi connectivity index (χ3v) is 4.96. The SMILES string of the molecule is COc1ccc(CNC(=O)[C@@H]2COCC(=O)N2Cc2ccc(OC)cc2OC)cc1. The number of hydrogen-bond acceptors (Lipinski definition) is 6. The predicted molar refractivity (Wildman–Crippen MR) is 110 cm³/mol. The van der Waals surface area contributed by atoms with E-state index >= 15 is 0 Å². The molecule has 30 heavy (non-hydrogen) atoms. The molecule has 1 saturated heterocycles. The predicted octanol–water partition coefficient (Wildman–Crippen LogP) is 1.76. The van der Waals surface area contributed by atoms with Crippen LogP contribution in [0.1, 0.15) is 11.1 Å². The maximum Gasteiger partial charge on any atom is 0.249 e. The lowest BCUT2D eigenvalue weighted by Gasteiger charge is -2.34. The Bertz CT molecular complexity index is 884. The summed E-state index contributed by atoms with van der Waals surface area (Å²) in [6.45, 7) is 0.655. The summed E-state index contributed by atoms with van der Waals surface area (Å²) >= 11 is 0. The van der Waals surface area contributed by atoms with Gasteiger partial charge in [0.25, 0.3) is 0 Å². The summed E-state index contributed by atoms with van der Waals surface area (Å²) in [7, 11) is 4.73. The Morgan fingerprint density at radius 2 is 1.77 bits per heavy atom. The summed E-state index contributed by atoms with van der Waals surface area (Å²) in [4.78, 5) is 26.9. The lowest BCUT2D eigenvalue weighted by Crippen LogP contribution is -2.55. The third-order valence-electron chi connectivity index (χ3n) is 4.96. The van der Waals surface area contributed by atoms with Gasteiger partial charge in [-0.05, 0) is 29.8 Å². The second kappa shape index (κ2) is 9.98. The topological polar surface area (TPSA) is 86.3 Å². The molecule has 0 spiro atoms. The first kappa shape index (κ1) is 21.4. The highest BCUT2D eigenvalue weighted by Gasteiger charge is 2.34. The number of methoxy groups -OCH3 is 3. The van der Waals surface area contributed by atoms with Gasteiger partial charge in [-0.15, -0.1) is 0 Å². The molecule has 0 saturated carbocycles. The molecular formula is C22H26N2O6. The number of morpholine rings is 1. The van der Waals surface area contributed by atoms with E-state index in [2.05, 4.69) is 5.32 Å². The van der Waals surface area contributed by atoms with Gasteiger partial charge in [0, 0.05) is 18.2 Å². The molecule has 1 aliphatic heterocycles. The van der Waals surface area contributed by atoms with Crippen molar-refractivity contribution in [3.63, 3.8) is 0 Å². The lowest BCUT2D eigenvalue weighted by molar-refractivity contribution is -0.155. The van der Waals surface area contributed by atoms with E-state index in [1.807, 2.05) is 30.3 Å².